The molecule has 0 spiro atoms. The summed E-state index contributed by atoms with van der Waals surface area (Å²) in [5.41, 5.74) is 8.38. The number of nitrogens with two attached hydrogens (primary N) is 1. The van der Waals surface area contributed by atoms with Gasteiger partial charge in [-0.05, 0) is 48.9 Å². The van der Waals surface area contributed by atoms with E-state index in [4.69, 9.17) is 27.2 Å². The van der Waals surface area contributed by atoms with E-state index in [2.05, 4.69) is 4.98 Å². The highest BCUT2D eigenvalue weighted by atomic mass is 35.5. The van der Waals surface area contributed by atoms with E-state index >= 15 is 0 Å². The molecule has 0 fully saturated rings. The lowest BCUT2D eigenvalue weighted by molar-refractivity contribution is -0.137. The average molecular weight is 335 g/mol. The van der Waals surface area contributed by atoms with Crippen molar-refractivity contribution in [1.82, 2.24) is 4.98 Å². The standard InChI is InChI=1S/C17H19ClN2O3/c1-11-6-12(4-5-20-11)10-23-16-7-13(2-3-15(16)18)14(9-19)8-17(21)22/h2-7,14H,8-10,19H2,1H3,(H,21,22). The first-order valence-electron chi connectivity index (χ1n) is 7.25. The van der Waals surface area contributed by atoms with E-state index in [0.29, 0.717) is 17.4 Å². The van der Waals surface area contributed by atoms with Gasteiger partial charge in [0.15, 0.2) is 0 Å². The summed E-state index contributed by atoms with van der Waals surface area (Å²) in [6.07, 6.45) is 1.70. The highest BCUT2D eigenvalue weighted by Crippen LogP contribution is 2.30. The van der Waals surface area contributed by atoms with Crippen LogP contribution < -0.4 is 10.5 Å². The van der Waals surface area contributed by atoms with Gasteiger partial charge >= 0.3 is 5.97 Å². The van der Waals surface area contributed by atoms with Crippen LogP contribution in [-0.2, 0) is 11.4 Å². The molecule has 0 saturated carbocycles. The number of aryl methyl sites for hydroxylation is 1. The number of carboxylic acids is 1. The van der Waals surface area contributed by atoms with Gasteiger partial charge in [0.2, 0.25) is 0 Å². The van der Waals surface area contributed by atoms with Crippen molar-refractivity contribution in [2.24, 2.45) is 5.73 Å². The summed E-state index contributed by atoms with van der Waals surface area (Å²) in [7, 11) is 0. The minimum Gasteiger partial charge on any atom is -0.487 e. The van der Waals surface area contributed by atoms with E-state index < -0.39 is 5.97 Å². The largest absolute Gasteiger partial charge is 0.487 e. The van der Waals surface area contributed by atoms with Crippen LogP contribution in [0.25, 0.3) is 0 Å². The first-order valence-corrected chi connectivity index (χ1v) is 7.63. The number of nitrogens with zero attached hydrogens (tertiary/aromatic N) is 1. The van der Waals surface area contributed by atoms with Crippen LogP contribution in [0.2, 0.25) is 5.02 Å². The maximum Gasteiger partial charge on any atom is 0.304 e. The van der Waals surface area contributed by atoms with E-state index in [1.54, 1.807) is 24.4 Å². The Morgan fingerprint density at radius 2 is 2.17 bits per heavy atom. The maximum atomic E-state index is 10.9. The van der Waals surface area contributed by atoms with Crippen LogP contribution in [0.5, 0.6) is 5.75 Å². The number of ether oxygens (including phenoxy) is 1. The SMILES string of the molecule is Cc1cc(COc2cc(C(CN)CC(=O)O)ccc2Cl)ccn1. The molecule has 3 N–H and O–H groups in total. The molecule has 0 radical (unpaired) electrons. The molecule has 0 bridgehead atoms. The van der Waals surface area contributed by atoms with Gasteiger partial charge in [-0.1, -0.05) is 17.7 Å². The molecule has 1 heterocycles. The Hall–Kier alpha value is -2.11. The smallest absolute Gasteiger partial charge is 0.304 e. The first-order chi connectivity index (χ1) is 11.0. The summed E-state index contributed by atoms with van der Waals surface area (Å²) in [5.74, 6) is -0.636. The molecule has 0 aliphatic carbocycles. The van der Waals surface area contributed by atoms with Crippen LogP contribution in [0, 0.1) is 6.92 Å². The van der Waals surface area contributed by atoms with Gasteiger partial charge in [-0.3, -0.25) is 9.78 Å². The molecule has 1 aromatic carbocycles. The number of aliphatic carboxylic acids is 1. The van der Waals surface area contributed by atoms with Crippen LogP contribution in [0.3, 0.4) is 0 Å². The Balaban J connectivity index is 2.15. The van der Waals surface area contributed by atoms with Crippen LogP contribution in [0.15, 0.2) is 36.5 Å². The molecule has 6 heteroatoms. The lowest BCUT2D eigenvalue weighted by atomic mass is 9.96. The summed E-state index contributed by atoms with van der Waals surface area (Å²) in [4.78, 5) is 15.1. The topological polar surface area (TPSA) is 85.4 Å². The van der Waals surface area contributed by atoms with Crippen LogP contribution in [0.4, 0.5) is 0 Å². The molecule has 23 heavy (non-hydrogen) atoms. The van der Waals surface area contributed by atoms with E-state index in [9.17, 15) is 4.79 Å². The predicted octanol–water partition coefficient (Wildman–Crippen LogP) is 3.14. The third-order valence-corrected chi connectivity index (χ3v) is 3.80. The molecule has 2 rings (SSSR count). The summed E-state index contributed by atoms with van der Waals surface area (Å²) in [5, 5.41) is 9.44. The fourth-order valence-corrected chi connectivity index (χ4v) is 2.46. The Morgan fingerprint density at radius 3 is 2.83 bits per heavy atom. The summed E-state index contributed by atoms with van der Waals surface area (Å²) in [6.45, 7) is 2.52. The van der Waals surface area contributed by atoms with Crippen molar-refractivity contribution in [2.45, 2.75) is 25.9 Å². The Bertz CT molecular complexity index is 691. The molecule has 1 unspecified atom stereocenters. The van der Waals surface area contributed by atoms with Crippen molar-refractivity contribution in [1.29, 1.82) is 0 Å². The minimum absolute atomic E-state index is 0.0267. The number of hydrogen-bond donors (Lipinski definition) is 2. The summed E-state index contributed by atoms with van der Waals surface area (Å²) < 4.78 is 5.77. The zero-order valence-corrected chi connectivity index (χ0v) is 13.6. The van der Waals surface area contributed by atoms with Crippen molar-refractivity contribution in [3.8, 4) is 5.75 Å². The van der Waals surface area contributed by atoms with Gasteiger partial charge in [0.25, 0.3) is 0 Å². The van der Waals surface area contributed by atoms with Crippen molar-refractivity contribution >= 4 is 17.6 Å². The monoisotopic (exact) mass is 334 g/mol. The Labute approximate surface area is 140 Å². The average Bonchev–Trinajstić information content (AvgIpc) is 2.52. The Kier molecular flexibility index (Phi) is 5.96. The van der Waals surface area contributed by atoms with Crippen molar-refractivity contribution in [3.05, 3.63) is 58.4 Å². The van der Waals surface area contributed by atoms with E-state index in [-0.39, 0.29) is 18.9 Å². The zero-order chi connectivity index (χ0) is 16.8. The number of pyridine rings is 1. The molecule has 0 saturated heterocycles. The molecule has 0 aliphatic heterocycles. The normalized spacial score (nSPS) is 12.0. The molecule has 2 aromatic rings. The fraction of sp³-hybridized carbons (Fsp3) is 0.294. The highest BCUT2D eigenvalue weighted by Gasteiger charge is 2.16. The first kappa shape index (κ1) is 17.2. The molecular weight excluding hydrogens is 316 g/mol. The molecule has 0 amide bonds. The van der Waals surface area contributed by atoms with Gasteiger partial charge in [-0.2, -0.15) is 0 Å². The zero-order valence-electron chi connectivity index (χ0n) is 12.8. The van der Waals surface area contributed by atoms with Crippen LogP contribution in [-0.4, -0.2) is 22.6 Å². The molecule has 1 aromatic heterocycles. The maximum absolute atomic E-state index is 10.9. The second-order valence-electron chi connectivity index (χ2n) is 5.31. The second kappa shape index (κ2) is 7.94. The minimum atomic E-state index is -0.884. The lowest BCUT2D eigenvalue weighted by Gasteiger charge is -2.15. The Morgan fingerprint density at radius 1 is 1.39 bits per heavy atom. The predicted molar refractivity (Wildman–Crippen MR) is 88.8 cm³/mol. The molecule has 122 valence electrons. The van der Waals surface area contributed by atoms with Crippen molar-refractivity contribution < 1.29 is 14.6 Å². The van der Waals surface area contributed by atoms with Gasteiger partial charge in [-0.25, -0.2) is 0 Å². The van der Waals surface area contributed by atoms with E-state index in [0.717, 1.165) is 16.8 Å². The molecule has 1 atom stereocenters. The number of aromatic nitrogens is 1. The summed E-state index contributed by atoms with van der Waals surface area (Å²) >= 11 is 6.16. The van der Waals surface area contributed by atoms with Gasteiger partial charge in [-0.15, -0.1) is 0 Å². The van der Waals surface area contributed by atoms with Crippen molar-refractivity contribution in [3.63, 3.8) is 0 Å². The third-order valence-electron chi connectivity index (χ3n) is 3.49. The highest BCUT2D eigenvalue weighted by molar-refractivity contribution is 6.32. The number of carboxylic acid groups (broad SMARTS) is 1. The number of carbonyl (C=O) groups is 1. The quantitative estimate of drug-likeness (QED) is 0.812. The number of halogens is 1. The lowest BCUT2D eigenvalue weighted by Crippen LogP contribution is -2.16. The number of rotatable bonds is 7. The number of hydrogen-bond acceptors (Lipinski definition) is 4. The van der Waals surface area contributed by atoms with E-state index in [1.165, 1.54) is 0 Å². The van der Waals surface area contributed by atoms with Crippen LogP contribution in [0.1, 0.15) is 29.2 Å². The third kappa shape index (κ3) is 4.94. The number of benzene rings is 1. The van der Waals surface area contributed by atoms with Gasteiger partial charge < -0.3 is 15.6 Å². The van der Waals surface area contributed by atoms with Gasteiger partial charge in [0.1, 0.15) is 12.4 Å². The second-order valence-corrected chi connectivity index (χ2v) is 5.72. The molecular formula is C17H19ClN2O3. The van der Waals surface area contributed by atoms with E-state index in [1.807, 2.05) is 19.1 Å². The van der Waals surface area contributed by atoms with Gasteiger partial charge in [0, 0.05) is 17.8 Å². The van der Waals surface area contributed by atoms with Crippen LogP contribution >= 0.6 is 11.6 Å². The summed E-state index contributed by atoms with van der Waals surface area (Å²) in [6, 6.07) is 9.06. The van der Waals surface area contributed by atoms with Gasteiger partial charge in [0.05, 0.1) is 11.4 Å². The van der Waals surface area contributed by atoms with Crippen molar-refractivity contribution in [2.75, 3.05) is 6.54 Å². The fourth-order valence-electron chi connectivity index (χ4n) is 2.29. The molecule has 0 aliphatic rings. The molecule has 5 nitrogen and oxygen atoms in total.